The molecule has 1 amide bonds. The molecule has 1 aliphatic heterocycles. The molecular formula is C17H23ClN2O4. The molecule has 1 aromatic rings. The van der Waals surface area contributed by atoms with Gasteiger partial charge in [0.25, 0.3) is 0 Å². The number of ether oxygens (including phenoxy) is 2. The molecule has 1 aromatic carbocycles. The molecule has 1 saturated heterocycles. The van der Waals surface area contributed by atoms with E-state index in [1.165, 1.54) is 12.0 Å². The number of rotatable bonds is 3. The molecule has 6 nitrogen and oxygen atoms in total. The first-order valence-corrected chi connectivity index (χ1v) is 8.17. The average Bonchev–Trinajstić information content (AvgIpc) is 2.88. The van der Waals surface area contributed by atoms with Crippen LogP contribution in [-0.2, 0) is 14.3 Å². The zero-order chi connectivity index (χ0) is 17.9. The van der Waals surface area contributed by atoms with Crippen LogP contribution in [0.3, 0.4) is 0 Å². The van der Waals surface area contributed by atoms with Gasteiger partial charge in [-0.25, -0.2) is 9.59 Å². The molecule has 7 heteroatoms. The topological polar surface area (TPSA) is 67.9 Å². The highest BCUT2D eigenvalue weighted by atomic mass is 35.5. The highest BCUT2D eigenvalue weighted by Gasteiger charge is 2.42. The summed E-state index contributed by atoms with van der Waals surface area (Å²) >= 11 is 5.98. The molecule has 1 N–H and O–H groups in total. The van der Waals surface area contributed by atoms with Gasteiger partial charge in [-0.3, -0.25) is 4.90 Å². The van der Waals surface area contributed by atoms with Gasteiger partial charge in [-0.1, -0.05) is 17.7 Å². The van der Waals surface area contributed by atoms with Crippen molar-refractivity contribution in [1.82, 2.24) is 4.90 Å². The summed E-state index contributed by atoms with van der Waals surface area (Å²) in [5.41, 5.74) is 0.207. The monoisotopic (exact) mass is 354 g/mol. The van der Waals surface area contributed by atoms with Crippen LogP contribution < -0.4 is 5.32 Å². The first kappa shape index (κ1) is 18.4. The van der Waals surface area contributed by atoms with Crippen LogP contribution in [0.25, 0.3) is 0 Å². The van der Waals surface area contributed by atoms with Crippen molar-refractivity contribution in [3.8, 4) is 0 Å². The predicted molar refractivity (Wildman–Crippen MR) is 92.2 cm³/mol. The largest absolute Gasteiger partial charge is 0.467 e. The number of nitrogens with zero attached hydrogens (tertiary/aromatic N) is 1. The highest BCUT2D eigenvalue weighted by Crippen LogP contribution is 2.25. The number of hydrogen-bond acceptors (Lipinski definition) is 5. The molecule has 1 aliphatic rings. The van der Waals surface area contributed by atoms with Gasteiger partial charge in [-0.2, -0.15) is 0 Å². The second-order valence-electron chi connectivity index (χ2n) is 6.76. The Morgan fingerprint density at radius 3 is 2.62 bits per heavy atom. The second kappa shape index (κ2) is 7.30. The SMILES string of the molecule is COC(=O)[C@@H]1C[C@H](Nc2cccc(Cl)c2)CN1C(=O)OC(C)(C)C. The first-order valence-electron chi connectivity index (χ1n) is 7.79. The maximum Gasteiger partial charge on any atom is 0.411 e. The summed E-state index contributed by atoms with van der Waals surface area (Å²) in [6, 6.07) is 6.54. The molecule has 0 saturated carbocycles. The van der Waals surface area contributed by atoms with E-state index < -0.39 is 23.7 Å². The van der Waals surface area contributed by atoms with E-state index in [2.05, 4.69) is 5.32 Å². The van der Waals surface area contributed by atoms with E-state index in [-0.39, 0.29) is 6.04 Å². The molecule has 0 aromatic heterocycles. The normalized spacial score (nSPS) is 20.6. The maximum absolute atomic E-state index is 12.4. The van der Waals surface area contributed by atoms with Gasteiger partial charge < -0.3 is 14.8 Å². The maximum atomic E-state index is 12.4. The van der Waals surface area contributed by atoms with Crippen molar-refractivity contribution in [2.45, 2.75) is 44.9 Å². The van der Waals surface area contributed by atoms with Crippen LogP contribution in [0.1, 0.15) is 27.2 Å². The summed E-state index contributed by atoms with van der Waals surface area (Å²) < 4.78 is 10.2. The van der Waals surface area contributed by atoms with Crippen LogP contribution in [0, 0.1) is 0 Å². The number of esters is 1. The third-order valence-electron chi connectivity index (χ3n) is 3.60. The van der Waals surface area contributed by atoms with Gasteiger partial charge in [0.2, 0.25) is 0 Å². The second-order valence-corrected chi connectivity index (χ2v) is 7.20. The van der Waals surface area contributed by atoms with Crippen molar-refractivity contribution in [3.63, 3.8) is 0 Å². The Labute approximate surface area is 147 Å². The van der Waals surface area contributed by atoms with E-state index in [0.717, 1.165) is 5.69 Å². The summed E-state index contributed by atoms with van der Waals surface area (Å²) in [5, 5.41) is 3.91. The number of carbonyl (C=O) groups is 2. The number of methoxy groups -OCH3 is 1. The average molecular weight is 355 g/mol. The summed E-state index contributed by atoms with van der Waals surface area (Å²) in [7, 11) is 1.31. The van der Waals surface area contributed by atoms with Gasteiger partial charge in [-0.05, 0) is 39.0 Å². The van der Waals surface area contributed by atoms with Gasteiger partial charge in [0, 0.05) is 29.7 Å². The lowest BCUT2D eigenvalue weighted by Gasteiger charge is -2.27. The summed E-state index contributed by atoms with van der Waals surface area (Å²) in [6.07, 6.45) is -0.0772. The molecule has 0 unspecified atom stereocenters. The quantitative estimate of drug-likeness (QED) is 0.843. The predicted octanol–water partition coefficient (Wildman–Crippen LogP) is 3.30. The summed E-state index contributed by atoms with van der Waals surface area (Å²) in [4.78, 5) is 25.8. The number of likely N-dealkylation sites (tertiary alicyclic amines) is 1. The van der Waals surface area contributed by atoms with Crippen molar-refractivity contribution in [2.24, 2.45) is 0 Å². The van der Waals surface area contributed by atoms with Crippen molar-refractivity contribution in [1.29, 1.82) is 0 Å². The molecule has 0 bridgehead atoms. The minimum absolute atomic E-state index is 0.0971. The molecule has 0 aliphatic carbocycles. The van der Waals surface area contributed by atoms with E-state index >= 15 is 0 Å². The zero-order valence-electron chi connectivity index (χ0n) is 14.3. The van der Waals surface area contributed by atoms with Crippen molar-refractivity contribution in [3.05, 3.63) is 29.3 Å². The smallest absolute Gasteiger partial charge is 0.411 e. The Bertz CT molecular complexity index is 615. The van der Waals surface area contributed by atoms with Crippen LogP contribution in [-0.4, -0.2) is 48.3 Å². The number of carbonyl (C=O) groups excluding carboxylic acids is 2. The lowest BCUT2D eigenvalue weighted by molar-refractivity contribution is -0.145. The van der Waals surface area contributed by atoms with E-state index in [9.17, 15) is 9.59 Å². The Morgan fingerprint density at radius 1 is 1.33 bits per heavy atom. The van der Waals surface area contributed by atoms with E-state index in [1.807, 2.05) is 12.1 Å². The van der Waals surface area contributed by atoms with Gasteiger partial charge in [0.05, 0.1) is 7.11 Å². The van der Waals surface area contributed by atoms with E-state index in [4.69, 9.17) is 21.1 Å². The lowest BCUT2D eigenvalue weighted by atomic mass is 10.1. The van der Waals surface area contributed by atoms with Gasteiger partial charge in [0.1, 0.15) is 11.6 Å². The minimum atomic E-state index is -0.665. The van der Waals surface area contributed by atoms with Gasteiger partial charge >= 0.3 is 12.1 Å². The number of amides is 1. The molecule has 0 spiro atoms. The number of nitrogens with one attached hydrogen (secondary N) is 1. The Kier molecular flexibility index (Phi) is 5.59. The number of benzene rings is 1. The lowest BCUT2D eigenvalue weighted by Crippen LogP contribution is -2.44. The zero-order valence-corrected chi connectivity index (χ0v) is 15.1. The van der Waals surface area contributed by atoms with Crippen LogP contribution in [0.2, 0.25) is 5.02 Å². The molecule has 132 valence electrons. The molecule has 2 rings (SSSR count). The van der Waals surface area contributed by atoms with Crippen LogP contribution in [0.5, 0.6) is 0 Å². The number of hydrogen-bond donors (Lipinski definition) is 1. The van der Waals surface area contributed by atoms with Crippen molar-refractivity contribution in [2.75, 3.05) is 19.0 Å². The fourth-order valence-electron chi connectivity index (χ4n) is 2.64. The standard InChI is InChI=1S/C17H23ClN2O4/c1-17(2,3)24-16(22)20-10-13(9-14(20)15(21)23-4)19-12-7-5-6-11(18)8-12/h5-8,13-14,19H,9-10H2,1-4H3/t13-,14-/m0/s1. The van der Waals surface area contributed by atoms with Crippen LogP contribution >= 0.6 is 11.6 Å². The van der Waals surface area contributed by atoms with E-state index in [1.54, 1.807) is 32.9 Å². The highest BCUT2D eigenvalue weighted by molar-refractivity contribution is 6.30. The molecule has 24 heavy (non-hydrogen) atoms. The first-order chi connectivity index (χ1) is 11.2. The Hall–Kier alpha value is -1.95. The molecule has 0 radical (unpaired) electrons. The van der Waals surface area contributed by atoms with Crippen molar-refractivity contribution >= 4 is 29.4 Å². The third kappa shape index (κ3) is 4.77. The van der Waals surface area contributed by atoms with Gasteiger partial charge in [-0.15, -0.1) is 0 Å². The fourth-order valence-corrected chi connectivity index (χ4v) is 2.83. The molecular weight excluding hydrogens is 332 g/mol. The van der Waals surface area contributed by atoms with Gasteiger partial charge in [0.15, 0.2) is 0 Å². The Morgan fingerprint density at radius 2 is 2.04 bits per heavy atom. The molecule has 1 fully saturated rings. The third-order valence-corrected chi connectivity index (χ3v) is 3.83. The van der Waals surface area contributed by atoms with Crippen molar-refractivity contribution < 1.29 is 19.1 Å². The number of halogens is 1. The molecule has 1 heterocycles. The van der Waals surface area contributed by atoms with Crippen LogP contribution in [0.15, 0.2) is 24.3 Å². The fraction of sp³-hybridized carbons (Fsp3) is 0.529. The van der Waals surface area contributed by atoms with E-state index in [0.29, 0.717) is 18.0 Å². The minimum Gasteiger partial charge on any atom is -0.467 e. The Balaban J connectivity index is 2.11. The van der Waals surface area contributed by atoms with Crippen LogP contribution in [0.4, 0.5) is 10.5 Å². The number of anilines is 1. The molecule has 2 atom stereocenters. The summed E-state index contributed by atoms with van der Waals surface area (Å²) in [5.74, 6) is -0.448. The summed E-state index contributed by atoms with van der Waals surface area (Å²) in [6.45, 7) is 5.71.